The predicted octanol–water partition coefficient (Wildman–Crippen LogP) is 2.11. The summed E-state index contributed by atoms with van der Waals surface area (Å²) in [7, 11) is 0. The number of hydrogen-bond acceptors (Lipinski definition) is 2. The lowest BCUT2D eigenvalue weighted by molar-refractivity contribution is -0.100. The first kappa shape index (κ1) is 10.0. The lowest BCUT2D eigenvalue weighted by atomic mass is 9.85. The molecule has 0 aromatic rings. The molecule has 72 valence electrons. The summed E-state index contributed by atoms with van der Waals surface area (Å²) in [4.78, 5) is 0. The van der Waals surface area contributed by atoms with Crippen LogP contribution in [0.25, 0.3) is 0 Å². The molecule has 1 saturated carbocycles. The summed E-state index contributed by atoms with van der Waals surface area (Å²) >= 11 is 0. The van der Waals surface area contributed by atoms with Gasteiger partial charge in [-0.25, -0.2) is 0 Å². The van der Waals surface area contributed by atoms with Crippen LogP contribution in [0.5, 0.6) is 0 Å². The average Bonchev–Trinajstić information content (AvgIpc) is 2.16. The number of aliphatic hydroxyl groups excluding tert-OH is 1. The van der Waals surface area contributed by atoms with E-state index >= 15 is 0 Å². The maximum absolute atomic E-state index is 9.24. The van der Waals surface area contributed by atoms with Crippen LogP contribution < -0.4 is 0 Å². The Balaban J connectivity index is 2.37. The van der Waals surface area contributed by atoms with Crippen molar-refractivity contribution in [2.75, 3.05) is 13.2 Å². The van der Waals surface area contributed by atoms with Gasteiger partial charge in [-0.1, -0.05) is 26.2 Å². The molecule has 0 aromatic heterocycles. The minimum Gasteiger partial charge on any atom is -0.393 e. The van der Waals surface area contributed by atoms with Crippen molar-refractivity contribution in [1.82, 2.24) is 0 Å². The zero-order valence-corrected chi connectivity index (χ0v) is 8.01. The second kappa shape index (κ2) is 4.83. The molecule has 0 unspecified atom stereocenters. The van der Waals surface area contributed by atoms with Crippen LogP contribution in [0.3, 0.4) is 0 Å². The van der Waals surface area contributed by atoms with Crippen molar-refractivity contribution in [3.05, 3.63) is 0 Å². The highest BCUT2D eigenvalue weighted by atomic mass is 16.5. The summed E-state index contributed by atoms with van der Waals surface area (Å²) in [6.07, 6.45) is 6.86. The number of aliphatic hydroxyl groups is 1. The third-order valence-corrected chi connectivity index (χ3v) is 2.67. The van der Waals surface area contributed by atoms with Gasteiger partial charge in [-0.2, -0.15) is 0 Å². The summed E-state index contributed by atoms with van der Waals surface area (Å²) < 4.78 is 5.72. The normalized spacial score (nSPS) is 22.5. The van der Waals surface area contributed by atoms with E-state index in [9.17, 15) is 5.11 Å². The van der Waals surface area contributed by atoms with E-state index < -0.39 is 0 Å². The fourth-order valence-corrected chi connectivity index (χ4v) is 1.86. The van der Waals surface area contributed by atoms with Gasteiger partial charge in [0, 0.05) is 6.61 Å². The van der Waals surface area contributed by atoms with Gasteiger partial charge < -0.3 is 9.84 Å². The van der Waals surface area contributed by atoms with Crippen molar-refractivity contribution < 1.29 is 9.84 Å². The zero-order valence-electron chi connectivity index (χ0n) is 8.01. The summed E-state index contributed by atoms with van der Waals surface area (Å²) in [5.41, 5.74) is -0.172. The summed E-state index contributed by atoms with van der Waals surface area (Å²) in [6.45, 7) is 3.10. The molecule has 0 amide bonds. The van der Waals surface area contributed by atoms with E-state index in [1.807, 2.05) is 0 Å². The van der Waals surface area contributed by atoms with Gasteiger partial charge >= 0.3 is 0 Å². The van der Waals surface area contributed by atoms with E-state index in [1.54, 1.807) is 0 Å². The van der Waals surface area contributed by atoms with Crippen LogP contribution in [0.4, 0.5) is 0 Å². The molecule has 0 aromatic carbocycles. The van der Waals surface area contributed by atoms with Crippen LogP contribution >= 0.6 is 0 Å². The Kier molecular flexibility index (Phi) is 4.02. The van der Waals surface area contributed by atoms with Gasteiger partial charge in [-0.15, -0.1) is 0 Å². The molecule has 0 radical (unpaired) electrons. The summed E-state index contributed by atoms with van der Waals surface area (Å²) in [6, 6.07) is 0. The van der Waals surface area contributed by atoms with Crippen molar-refractivity contribution in [1.29, 1.82) is 0 Å². The highest BCUT2D eigenvalue weighted by Crippen LogP contribution is 2.31. The van der Waals surface area contributed by atoms with E-state index in [2.05, 4.69) is 6.92 Å². The second-order valence-corrected chi connectivity index (χ2v) is 3.75. The number of ether oxygens (including phenoxy) is 1. The first-order valence-corrected chi connectivity index (χ1v) is 5.08. The Hall–Kier alpha value is -0.0800. The van der Waals surface area contributed by atoms with Gasteiger partial charge in [0.1, 0.15) is 0 Å². The van der Waals surface area contributed by atoms with Gasteiger partial charge in [-0.05, 0) is 19.3 Å². The maximum atomic E-state index is 9.24. The molecule has 0 heterocycles. The SMILES string of the molecule is CCCOC1(CO)CCCCC1. The average molecular weight is 172 g/mol. The topological polar surface area (TPSA) is 29.5 Å². The quantitative estimate of drug-likeness (QED) is 0.703. The third-order valence-electron chi connectivity index (χ3n) is 2.67. The van der Waals surface area contributed by atoms with Gasteiger partial charge in [0.25, 0.3) is 0 Å². The molecule has 1 N–H and O–H groups in total. The van der Waals surface area contributed by atoms with Crippen LogP contribution in [0.15, 0.2) is 0 Å². The van der Waals surface area contributed by atoms with E-state index in [-0.39, 0.29) is 12.2 Å². The fourth-order valence-electron chi connectivity index (χ4n) is 1.86. The summed E-state index contributed by atoms with van der Waals surface area (Å²) in [5, 5.41) is 9.24. The van der Waals surface area contributed by atoms with Crippen molar-refractivity contribution >= 4 is 0 Å². The minimum absolute atomic E-state index is 0.172. The Morgan fingerprint density at radius 3 is 2.42 bits per heavy atom. The van der Waals surface area contributed by atoms with Crippen LogP contribution in [0, 0.1) is 0 Å². The maximum Gasteiger partial charge on any atom is 0.0912 e. The van der Waals surface area contributed by atoms with Crippen molar-refractivity contribution in [2.45, 2.75) is 51.0 Å². The Morgan fingerprint density at radius 1 is 1.25 bits per heavy atom. The molecule has 0 aliphatic heterocycles. The molecule has 2 nitrogen and oxygen atoms in total. The molecular formula is C10H20O2. The molecule has 12 heavy (non-hydrogen) atoms. The highest BCUT2D eigenvalue weighted by molar-refractivity contribution is 4.83. The van der Waals surface area contributed by atoms with Gasteiger partial charge in [-0.3, -0.25) is 0 Å². The molecule has 1 aliphatic carbocycles. The minimum atomic E-state index is -0.172. The van der Waals surface area contributed by atoms with Crippen molar-refractivity contribution in [2.24, 2.45) is 0 Å². The fraction of sp³-hybridized carbons (Fsp3) is 1.00. The number of hydrogen-bond donors (Lipinski definition) is 1. The first-order valence-electron chi connectivity index (χ1n) is 5.08. The Morgan fingerprint density at radius 2 is 1.92 bits per heavy atom. The molecule has 2 heteroatoms. The third kappa shape index (κ3) is 2.46. The monoisotopic (exact) mass is 172 g/mol. The zero-order chi connectivity index (χ0) is 8.86. The molecule has 1 fully saturated rings. The van der Waals surface area contributed by atoms with E-state index in [1.165, 1.54) is 19.3 Å². The van der Waals surface area contributed by atoms with Crippen LogP contribution in [-0.4, -0.2) is 23.9 Å². The number of rotatable bonds is 4. The van der Waals surface area contributed by atoms with Crippen LogP contribution in [0.1, 0.15) is 45.4 Å². The van der Waals surface area contributed by atoms with Crippen LogP contribution in [0.2, 0.25) is 0 Å². The molecule has 1 aliphatic rings. The predicted molar refractivity (Wildman–Crippen MR) is 49.1 cm³/mol. The molecule has 0 saturated heterocycles. The van der Waals surface area contributed by atoms with Crippen molar-refractivity contribution in [3.8, 4) is 0 Å². The van der Waals surface area contributed by atoms with Crippen molar-refractivity contribution in [3.63, 3.8) is 0 Å². The smallest absolute Gasteiger partial charge is 0.0912 e. The van der Waals surface area contributed by atoms with Gasteiger partial charge in [0.2, 0.25) is 0 Å². The molecule has 0 atom stereocenters. The van der Waals surface area contributed by atoms with Crippen LogP contribution in [-0.2, 0) is 4.74 Å². The standard InChI is InChI=1S/C10H20O2/c1-2-8-12-10(9-11)6-4-3-5-7-10/h11H,2-9H2,1H3. The lowest BCUT2D eigenvalue weighted by Crippen LogP contribution is -2.39. The first-order chi connectivity index (χ1) is 5.83. The molecule has 0 bridgehead atoms. The largest absolute Gasteiger partial charge is 0.393 e. The van der Waals surface area contributed by atoms with Gasteiger partial charge in [0.05, 0.1) is 12.2 Å². The Bertz CT molecular complexity index is 117. The van der Waals surface area contributed by atoms with E-state index in [4.69, 9.17) is 4.74 Å². The lowest BCUT2D eigenvalue weighted by Gasteiger charge is -2.35. The van der Waals surface area contributed by atoms with Gasteiger partial charge in [0.15, 0.2) is 0 Å². The van der Waals surface area contributed by atoms with E-state index in [0.717, 1.165) is 25.9 Å². The summed E-state index contributed by atoms with van der Waals surface area (Å²) in [5.74, 6) is 0. The molecular weight excluding hydrogens is 152 g/mol. The van der Waals surface area contributed by atoms with E-state index in [0.29, 0.717) is 0 Å². The Labute approximate surface area is 74.9 Å². The molecule has 1 rings (SSSR count). The molecule has 0 spiro atoms. The second-order valence-electron chi connectivity index (χ2n) is 3.75. The highest BCUT2D eigenvalue weighted by Gasteiger charge is 2.31.